The number of aliphatic hydroxyl groups excluding tert-OH is 1. The molecule has 20 heavy (non-hydrogen) atoms. The zero-order valence-electron chi connectivity index (χ0n) is 12.3. The molecule has 0 saturated heterocycles. The van der Waals surface area contributed by atoms with Gasteiger partial charge in [-0.1, -0.05) is 29.8 Å². The van der Waals surface area contributed by atoms with E-state index < -0.39 is 0 Å². The van der Waals surface area contributed by atoms with Gasteiger partial charge in [-0.3, -0.25) is 0 Å². The van der Waals surface area contributed by atoms with Crippen molar-refractivity contribution < 1.29 is 9.90 Å². The molecule has 1 rings (SSSR count). The summed E-state index contributed by atoms with van der Waals surface area (Å²) >= 11 is 6.16. The van der Waals surface area contributed by atoms with Crippen molar-refractivity contribution in [2.24, 2.45) is 0 Å². The maximum absolute atomic E-state index is 12.2. The first-order valence-electron chi connectivity index (χ1n) is 6.86. The molecule has 0 spiro atoms. The van der Waals surface area contributed by atoms with E-state index in [4.69, 9.17) is 16.7 Å². The third kappa shape index (κ3) is 4.69. The second-order valence-electron chi connectivity index (χ2n) is 5.02. The molecule has 0 aliphatic carbocycles. The van der Waals surface area contributed by atoms with E-state index in [9.17, 15) is 4.79 Å². The Labute approximate surface area is 125 Å². The van der Waals surface area contributed by atoms with Crippen molar-refractivity contribution in [3.8, 4) is 0 Å². The fourth-order valence-electron chi connectivity index (χ4n) is 1.98. The Hall–Kier alpha value is -1.26. The number of hydrogen-bond acceptors (Lipinski definition) is 2. The zero-order valence-corrected chi connectivity index (χ0v) is 13.0. The molecule has 2 amide bonds. The van der Waals surface area contributed by atoms with Crippen LogP contribution in [0.4, 0.5) is 4.79 Å². The van der Waals surface area contributed by atoms with Gasteiger partial charge >= 0.3 is 6.03 Å². The van der Waals surface area contributed by atoms with Gasteiger partial charge in [0.1, 0.15) is 0 Å². The lowest BCUT2D eigenvalue weighted by Gasteiger charge is -2.27. The third-order valence-electron chi connectivity index (χ3n) is 3.42. The first kappa shape index (κ1) is 16.8. The third-order valence-corrected chi connectivity index (χ3v) is 3.77. The molecule has 0 radical (unpaired) electrons. The van der Waals surface area contributed by atoms with Crippen molar-refractivity contribution >= 4 is 17.6 Å². The van der Waals surface area contributed by atoms with Crippen LogP contribution in [0.15, 0.2) is 24.3 Å². The van der Waals surface area contributed by atoms with Crippen molar-refractivity contribution in [1.82, 2.24) is 10.2 Å². The van der Waals surface area contributed by atoms with Crippen LogP contribution in [-0.2, 0) is 0 Å². The van der Waals surface area contributed by atoms with Crippen molar-refractivity contribution in [2.75, 3.05) is 13.7 Å². The zero-order chi connectivity index (χ0) is 15.1. The number of nitrogens with one attached hydrogen (secondary N) is 1. The molecule has 0 saturated carbocycles. The molecule has 0 bridgehead atoms. The Morgan fingerprint density at radius 2 is 2.05 bits per heavy atom. The molecular formula is C15H23ClN2O2. The monoisotopic (exact) mass is 298 g/mol. The molecule has 4 nitrogen and oxygen atoms in total. The fourth-order valence-corrected chi connectivity index (χ4v) is 2.27. The number of benzene rings is 1. The van der Waals surface area contributed by atoms with Crippen molar-refractivity contribution in [3.05, 3.63) is 34.9 Å². The summed E-state index contributed by atoms with van der Waals surface area (Å²) < 4.78 is 0. The maximum atomic E-state index is 12.2. The van der Waals surface area contributed by atoms with Gasteiger partial charge in [-0.2, -0.15) is 0 Å². The van der Waals surface area contributed by atoms with E-state index >= 15 is 0 Å². The minimum absolute atomic E-state index is 0.0375. The number of rotatable bonds is 6. The molecule has 1 aromatic carbocycles. The topological polar surface area (TPSA) is 52.6 Å². The summed E-state index contributed by atoms with van der Waals surface area (Å²) in [5.74, 6) is 0. The number of hydrogen-bond donors (Lipinski definition) is 2. The van der Waals surface area contributed by atoms with Gasteiger partial charge in [-0.25, -0.2) is 4.79 Å². The lowest BCUT2D eigenvalue weighted by molar-refractivity contribution is 0.189. The summed E-state index contributed by atoms with van der Waals surface area (Å²) in [5.41, 5.74) is 0.926. The number of amides is 2. The standard InChI is InChI=1S/C15H23ClN2O2/c1-11(7-6-10-19)17-15(20)18(3)12(2)13-8-4-5-9-14(13)16/h4-5,8-9,11-12,19H,6-7,10H2,1-3H3,(H,17,20). The van der Waals surface area contributed by atoms with Gasteiger partial charge in [0.2, 0.25) is 0 Å². The summed E-state index contributed by atoms with van der Waals surface area (Å²) in [6.07, 6.45) is 1.45. The highest BCUT2D eigenvalue weighted by atomic mass is 35.5. The molecule has 112 valence electrons. The maximum Gasteiger partial charge on any atom is 0.317 e. The summed E-state index contributed by atoms with van der Waals surface area (Å²) in [7, 11) is 1.75. The molecule has 0 aliphatic rings. The van der Waals surface area contributed by atoms with Crippen molar-refractivity contribution in [2.45, 2.75) is 38.8 Å². The minimum atomic E-state index is -0.136. The van der Waals surface area contributed by atoms with Gasteiger partial charge in [0.15, 0.2) is 0 Å². The highest BCUT2D eigenvalue weighted by Gasteiger charge is 2.20. The number of urea groups is 1. The lowest BCUT2D eigenvalue weighted by atomic mass is 10.1. The average Bonchev–Trinajstić information content (AvgIpc) is 2.44. The molecule has 0 heterocycles. The van der Waals surface area contributed by atoms with Gasteiger partial charge in [-0.15, -0.1) is 0 Å². The normalized spacial score (nSPS) is 13.7. The van der Waals surface area contributed by atoms with E-state index in [1.165, 1.54) is 0 Å². The van der Waals surface area contributed by atoms with Gasteiger partial charge < -0.3 is 15.3 Å². The van der Waals surface area contributed by atoms with Crippen molar-refractivity contribution in [1.29, 1.82) is 0 Å². The molecule has 5 heteroatoms. The first-order valence-corrected chi connectivity index (χ1v) is 7.23. The van der Waals surface area contributed by atoms with Crippen molar-refractivity contribution in [3.63, 3.8) is 0 Å². The Morgan fingerprint density at radius 3 is 2.65 bits per heavy atom. The van der Waals surface area contributed by atoms with E-state index in [0.29, 0.717) is 11.4 Å². The van der Waals surface area contributed by atoms with Crippen LogP contribution in [0.25, 0.3) is 0 Å². The van der Waals surface area contributed by atoms with Gasteiger partial charge in [0.25, 0.3) is 0 Å². The smallest absolute Gasteiger partial charge is 0.317 e. The Bertz CT molecular complexity index is 440. The lowest BCUT2D eigenvalue weighted by Crippen LogP contribution is -2.43. The van der Waals surface area contributed by atoms with Crippen LogP contribution in [-0.4, -0.2) is 35.7 Å². The summed E-state index contributed by atoms with van der Waals surface area (Å²) in [4.78, 5) is 13.8. The van der Waals surface area contributed by atoms with Crippen LogP contribution in [0.3, 0.4) is 0 Å². The van der Waals surface area contributed by atoms with E-state index in [1.54, 1.807) is 11.9 Å². The highest BCUT2D eigenvalue weighted by molar-refractivity contribution is 6.31. The number of aliphatic hydroxyl groups is 1. The quantitative estimate of drug-likeness (QED) is 0.847. The van der Waals surface area contributed by atoms with Crippen LogP contribution < -0.4 is 5.32 Å². The number of carbonyl (C=O) groups is 1. The molecule has 0 fully saturated rings. The van der Waals surface area contributed by atoms with Gasteiger partial charge in [0.05, 0.1) is 6.04 Å². The van der Waals surface area contributed by atoms with Crippen LogP contribution >= 0.6 is 11.6 Å². The van der Waals surface area contributed by atoms with Crippen LogP contribution in [0.5, 0.6) is 0 Å². The molecule has 1 aromatic rings. The second-order valence-corrected chi connectivity index (χ2v) is 5.43. The predicted octanol–water partition coefficient (Wildman–Crippen LogP) is 3.20. The molecular weight excluding hydrogens is 276 g/mol. The predicted molar refractivity (Wildman–Crippen MR) is 81.9 cm³/mol. The molecule has 2 atom stereocenters. The fraction of sp³-hybridized carbons (Fsp3) is 0.533. The van der Waals surface area contributed by atoms with E-state index in [1.807, 2.05) is 38.1 Å². The Morgan fingerprint density at radius 1 is 1.40 bits per heavy atom. The Balaban J connectivity index is 2.62. The molecule has 0 aliphatic heterocycles. The second kappa shape index (κ2) is 8.12. The summed E-state index contributed by atoms with van der Waals surface area (Å²) in [5, 5.41) is 12.4. The minimum Gasteiger partial charge on any atom is -0.396 e. The van der Waals surface area contributed by atoms with Gasteiger partial charge in [0, 0.05) is 24.7 Å². The average molecular weight is 299 g/mol. The number of carbonyl (C=O) groups excluding carboxylic acids is 1. The molecule has 2 unspecified atom stereocenters. The SMILES string of the molecule is CC(CCCO)NC(=O)N(C)C(C)c1ccccc1Cl. The van der Waals surface area contributed by atoms with Crippen LogP contribution in [0.1, 0.15) is 38.3 Å². The Kier molecular flexibility index (Phi) is 6.82. The van der Waals surface area contributed by atoms with Gasteiger partial charge in [-0.05, 0) is 38.3 Å². The van der Waals surface area contributed by atoms with Crippen LogP contribution in [0.2, 0.25) is 5.02 Å². The van der Waals surface area contributed by atoms with E-state index in [2.05, 4.69) is 5.32 Å². The summed E-state index contributed by atoms with van der Waals surface area (Å²) in [6.45, 7) is 4.02. The van der Waals surface area contributed by atoms with E-state index in [-0.39, 0.29) is 24.7 Å². The molecule has 2 N–H and O–H groups in total. The highest BCUT2D eigenvalue weighted by Crippen LogP contribution is 2.26. The number of nitrogens with zero attached hydrogens (tertiary/aromatic N) is 1. The number of halogens is 1. The van der Waals surface area contributed by atoms with E-state index in [0.717, 1.165) is 12.0 Å². The first-order chi connectivity index (χ1) is 9.47. The largest absolute Gasteiger partial charge is 0.396 e. The molecule has 0 aromatic heterocycles. The summed E-state index contributed by atoms with van der Waals surface area (Å²) in [6, 6.07) is 7.32. The van der Waals surface area contributed by atoms with Crippen LogP contribution in [0, 0.1) is 0 Å².